The molecular formula is C11H22N2O. The number of nitrogens with one attached hydrogen (secondary N) is 1. The highest BCUT2D eigenvalue weighted by molar-refractivity contribution is 4.86. The molecule has 0 saturated carbocycles. The second kappa shape index (κ2) is 5.10. The molecule has 3 nitrogen and oxygen atoms in total. The van der Waals surface area contributed by atoms with E-state index in [0.717, 1.165) is 31.8 Å². The molecule has 2 fully saturated rings. The highest BCUT2D eigenvalue weighted by Gasteiger charge is 2.30. The molecule has 2 aliphatic heterocycles. The van der Waals surface area contributed by atoms with Gasteiger partial charge in [-0.3, -0.25) is 4.90 Å². The minimum absolute atomic E-state index is 0.781. The highest BCUT2D eigenvalue weighted by atomic mass is 16.5. The summed E-state index contributed by atoms with van der Waals surface area (Å²) in [5.41, 5.74) is 0. The Morgan fingerprint density at radius 2 is 2.07 bits per heavy atom. The Kier molecular flexibility index (Phi) is 3.79. The third-order valence-electron chi connectivity index (χ3n) is 3.52. The van der Waals surface area contributed by atoms with Crippen molar-refractivity contribution >= 4 is 0 Å². The largest absolute Gasteiger partial charge is 0.381 e. The van der Waals surface area contributed by atoms with E-state index in [1.807, 2.05) is 0 Å². The average molecular weight is 198 g/mol. The topological polar surface area (TPSA) is 24.5 Å². The first-order valence-corrected chi connectivity index (χ1v) is 5.90. The van der Waals surface area contributed by atoms with E-state index in [-0.39, 0.29) is 0 Å². The first-order valence-electron chi connectivity index (χ1n) is 5.90. The first-order chi connectivity index (χ1) is 6.92. The van der Waals surface area contributed by atoms with Gasteiger partial charge < -0.3 is 10.1 Å². The van der Waals surface area contributed by atoms with Gasteiger partial charge in [-0.05, 0) is 39.3 Å². The smallest absolute Gasteiger partial charge is 0.0480 e. The summed E-state index contributed by atoms with van der Waals surface area (Å²) in [5, 5.41) is 3.31. The molecule has 14 heavy (non-hydrogen) atoms. The summed E-state index contributed by atoms with van der Waals surface area (Å²) in [7, 11) is 2.06. The van der Waals surface area contributed by atoms with Crippen molar-refractivity contribution in [3.8, 4) is 0 Å². The van der Waals surface area contributed by atoms with Crippen molar-refractivity contribution in [3.05, 3.63) is 0 Å². The maximum Gasteiger partial charge on any atom is 0.0480 e. The van der Waals surface area contributed by atoms with Crippen LogP contribution in [0.15, 0.2) is 0 Å². The molecule has 1 atom stereocenters. The molecule has 2 aliphatic rings. The number of rotatable bonds is 3. The average Bonchev–Trinajstić information content (AvgIpc) is 2.68. The van der Waals surface area contributed by atoms with Crippen LogP contribution in [0, 0.1) is 0 Å². The number of likely N-dealkylation sites (N-methyl/N-ethyl adjacent to an activating group) is 1. The Labute approximate surface area is 86.8 Å². The summed E-state index contributed by atoms with van der Waals surface area (Å²) in [6.45, 7) is 4.38. The van der Waals surface area contributed by atoms with Gasteiger partial charge in [-0.2, -0.15) is 0 Å². The second-order valence-corrected chi connectivity index (χ2v) is 4.44. The van der Waals surface area contributed by atoms with E-state index in [9.17, 15) is 0 Å². The lowest BCUT2D eigenvalue weighted by Crippen LogP contribution is -2.45. The molecule has 0 aliphatic carbocycles. The molecule has 1 unspecified atom stereocenters. The molecule has 2 rings (SSSR count). The maximum atomic E-state index is 5.41. The van der Waals surface area contributed by atoms with E-state index in [4.69, 9.17) is 4.74 Å². The Morgan fingerprint density at radius 1 is 1.29 bits per heavy atom. The molecule has 82 valence electrons. The van der Waals surface area contributed by atoms with Crippen LogP contribution in [-0.2, 0) is 4.74 Å². The molecular weight excluding hydrogens is 176 g/mol. The Balaban J connectivity index is 1.87. The van der Waals surface area contributed by atoms with Gasteiger partial charge in [0, 0.05) is 31.8 Å². The zero-order valence-electron chi connectivity index (χ0n) is 9.17. The van der Waals surface area contributed by atoms with E-state index in [2.05, 4.69) is 17.3 Å². The van der Waals surface area contributed by atoms with Gasteiger partial charge in [0.15, 0.2) is 0 Å². The first kappa shape index (κ1) is 10.4. The maximum absolute atomic E-state index is 5.41. The summed E-state index contributed by atoms with van der Waals surface area (Å²) >= 11 is 0. The Hall–Kier alpha value is -0.120. The monoisotopic (exact) mass is 198 g/mol. The van der Waals surface area contributed by atoms with Crippen LogP contribution >= 0.6 is 0 Å². The molecule has 2 heterocycles. The van der Waals surface area contributed by atoms with Gasteiger partial charge in [0.1, 0.15) is 0 Å². The van der Waals surface area contributed by atoms with Gasteiger partial charge >= 0.3 is 0 Å². The zero-order chi connectivity index (χ0) is 9.80. The molecule has 0 spiro atoms. The fourth-order valence-corrected chi connectivity index (χ4v) is 2.81. The van der Waals surface area contributed by atoms with Gasteiger partial charge in [-0.1, -0.05) is 0 Å². The Morgan fingerprint density at radius 3 is 2.79 bits per heavy atom. The molecule has 0 aromatic rings. The van der Waals surface area contributed by atoms with E-state index < -0.39 is 0 Å². The van der Waals surface area contributed by atoms with Gasteiger partial charge in [-0.15, -0.1) is 0 Å². The van der Waals surface area contributed by atoms with E-state index in [1.54, 1.807) is 0 Å². The van der Waals surface area contributed by atoms with Crippen LogP contribution in [0.1, 0.15) is 25.7 Å². The third kappa shape index (κ3) is 2.27. The van der Waals surface area contributed by atoms with Gasteiger partial charge in [0.2, 0.25) is 0 Å². The Bertz CT molecular complexity index is 169. The van der Waals surface area contributed by atoms with Crippen LogP contribution in [0.5, 0.6) is 0 Å². The molecule has 3 heteroatoms. The van der Waals surface area contributed by atoms with Crippen LogP contribution in [-0.4, -0.2) is 50.3 Å². The predicted octanol–water partition coefficient (Wildman–Crippen LogP) is 0.849. The predicted molar refractivity (Wildman–Crippen MR) is 57.5 cm³/mol. The zero-order valence-corrected chi connectivity index (χ0v) is 9.17. The molecule has 0 aromatic carbocycles. The summed E-state index contributed by atoms with van der Waals surface area (Å²) in [4.78, 5) is 2.71. The molecule has 0 aromatic heterocycles. The van der Waals surface area contributed by atoms with Crippen LogP contribution in [0.3, 0.4) is 0 Å². The number of ether oxygens (including phenoxy) is 1. The van der Waals surface area contributed by atoms with Gasteiger partial charge in [0.25, 0.3) is 0 Å². The molecule has 0 radical (unpaired) electrons. The van der Waals surface area contributed by atoms with Gasteiger partial charge in [-0.25, -0.2) is 0 Å². The summed E-state index contributed by atoms with van der Waals surface area (Å²) < 4.78 is 5.41. The van der Waals surface area contributed by atoms with E-state index in [1.165, 1.54) is 32.2 Å². The van der Waals surface area contributed by atoms with E-state index in [0.29, 0.717) is 0 Å². The summed E-state index contributed by atoms with van der Waals surface area (Å²) in [6, 6.07) is 1.58. The standard InChI is InChI=1S/C11H22N2O/c1-12-9-11-3-2-6-13(11)10-4-7-14-8-5-10/h10-12H,2-9H2,1H3. The number of likely N-dealkylation sites (tertiary alicyclic amines) is 1. The van der Waals surface area contributed by atoms with E-state index >= 15 is 0 Å². The van der Waals surface area contributed by atoms with Crippen LogP contribution in [0.2, 0.25) is 0 Å². The summed E-state index contributed by atoms with van der Waals surface area (Å²) in [6.07, 6.45) is 5.22. The molecule has 0 bridgehead atoms. The lowest BCUT2D eigenvalue weighted by atomic mass is 10.1. The van der Waals surface area contributed by atoms with Crippen molar-refractivity contribution in [1.29, 1.82) is 0 Å². The number of nitrogens with zero attached hydrogens (tertiary/aromatic N) is 1. The lowest BCUT2D eigenvalue weighted by molar-refractivity contribution is 0.0296. The van der Waals surface area contributed by atoms with Crippen molar-refractivity contribution in [2.75, 3.05) is 33.4 Å². The molecule has 0 amide bonds. The van der Waals surface area contributed by atoms with Crippen molar-refractivity contribution in [2.24, 2.45) is 0 Å². The highest BCUT2D eigenvalue weighted by Crippen LogP contribution is 2.24. The van der Waals surface area contributed by atoms with Gasteiger partial charge in [0.05, 0.1) is 0 Å². The lowest BCUT2D eigenvalue weighted by Gasteiger charge is -2.35. The minimum Gasteiger partial charge on any atom is -0.381 e. The SMILES string of the molecule is CNCC1CCCN1C1CCOCC1. The van der Waals surface area contributed by atoms with Crippen molar-refractivity contribution in [3.63, 3.8) is 0 Å². The number of hydrogen-bond acceptors (Lipinski definition) is 3. The quantitative estimate of drug-likeness (QED) is 0.727. The normalized spacial score (nSPS) is 31.1. The molecule has 1 N–H and O–H groups in total. The van der Waals surface area contributed by atoms with Crippen LogP contribution < -0.4 is 5.32 Å². The third-order valence-corrected chi connectivity index (χ3v) is 3.52. The molecule has 2 saturated heterocycles. The fraction of sp³-hybridized carbons (Fsp3) is 1.00. The summed E-state index contributed by atoms with van der Waals surface area (Å²) in [5.74, 6) is 0. The minimum atomic E-state index is 0.781. The second-order valence-electron chi connectivity index (χ2n) is 4.44. The van der Waals surface area contributed by atoms with Crippen molar-refractivity contribution in [2.45, 2.75) is 37.8 Å². The fourth-order valence-electron chi connectivity index (χ4n) is 2.81. The number of hydrogen-bond donors (Lipinski definition) is 1. The van der Waals surface area contributed by atoms with Crippen molar-refractivity contribution < 1.29 is 4.74 Å². The van der Waals surface area contributed by atoms with Crippen LogP contribution in [0.4, 0.5) is 0 Å². The van der Waals surface area contributed by atoms with Crippen LogP contribution in [0.25, 0.3) is 0 Å². The van der Waals surface area contributed by atoms with Crippen molar-refractivity contribution in [1.82, 2.24) is 10.2 Å².